The van der Waals surface area contributed by atoms with Crippen molar-refractivity contribution in [3.05, 3.63) is 42.1 Å². The highest BCUT2D eigenvalue weighted by atomic mass is 35.5. The topological polar surface area (TPSA) is 45.2 Å². The van der Waals surface area contributed by atoms with Crippen LogP contribution >= 0.6 is 24.8 Å². The van der Waals surface area contributed by atoms with Crippen LogP contribution in [0.25, 0.3) is 10.9 Å². The molecular weight excluding hydrogens is 333 g/mol. The van der Waals surface area contributed by atoms with E-state index in [2.05, 4.69) is 10.3 Å². The Morgan fingerprint density at radius 1 is 1.17 bits per heavy atom. The number of rotatable bonds is 2. The van der Waals surface area contributed by atoms with Gasteiger partial charge in [-0.25, -0.2) is 0 Å². The van der Waals surface area contributed by atoms with Crippen molar-refractivity contribution >= 4 is 41.6 Å². The number of para-hydroxylation sites is 1. The zero-order valence-electron chi connectivity index (χ0n) is 13.2. The Kier molecular flexibility index (Phi) is 7.76. The van der Waals surface area contributed by atoms with E-state index in [4.69, 9.17) is 0 Å². The Morgan fingerprint density at radius 2 is 1.96 bits per heavy atom. The van der Waals surface area contributed by atoms with E-state index in [0.717, 1.165) is 43.3 Å². The first-order chi connectivity index (χ1) is 10.3. The highest BCUT2D eigenvalue weighted by Crippen LogP contribution is 2.20. The molecule has 0 bridgehead atoms. The van der Waals surface area contributed by atoms with Crippen LogP contribution in [0.3, 0.4) is 0 Å². The normalized spacial score (nSPS) is 17.5. The Hall–Kier alpha value is -1.36. The molecule has 1 N–H and O–H groups in total. The molecular formula is C17H23Cl2N3O. The van der Waals surface area contributed by atoms with Crippen LogP contribution < -0.4 is 5.32 Å². The number of pyridine rings is 1. The van der Waals surface area contributed by atoms with Gasteiger partial charge in [0.1, 0.15) is 0 Å². The Bertz CT molecular complexity index is 637. The molecule has 1 aliphatic heterocycles. The summed E-state index contributed by atoms with van der Waals surface area (Å²) < 4.78 is 0. The molecule has 4 nitrogen and oxygen atoms in total. The summed E-state index contributed by atoms with van der Waals surface area (Å²) in [6, 6.07) is 10.0. The number of fused-ring (bicyclic) bond motifs is 1. The van der Waals surface area contributed by atoms with Crippen LogP contribution in [0.1, 0.15) is 29.6 Å². The van der Waals surface area contributed by atoms with E-state index in [1.807, 2.05) is 42.3 Å². The molecule has 1 aromatic carbocycles. The van der Waals surface area contributed by atoms with E-state index < -0.39 is 0 Å². The third kappa shape index (κ3) is 4.34. The van der Waals surface area contributed by atoms with Gasteiger partial charge in [-0.2, -0.15) is 0 Å². The van der Waals surface area contributed by atoms with E-state index in [-0.39, 0.29) is 30.7 Å². The molecule has 126 valence electrons. The summed E-state index contributed by atoms with van der Waals surface area (Å²) in [5, 5.41) is 4.40. The number of nitrogens with one attached hydrogen (secondary N) is 1. The molecule has 23 heavy (non-hydrogen) atoms. The zero-order valence-corrected chi connectivity index (χ0v) is 14.8. The molecule has 2 aromatic rings. The minimum absolute atomic E-state index is 0. The second-order valence-corrected chi connectivity index (χ2v) is 5.63. The molecule has 1 aromatic heterocycles. The quantitative estimate of drug-likeness (QED) is 0.898. The van der Waals surface area contributed by atoms with Gasteiger partial charge in [-0.1, -0.05) is 18.2 Å². The second-order valence-electron chi connectivity index (χ2n) is 5.63. The molecule has 3 rings (SSSR count). The van der Waals surface area contributed by atoms with Gasteiger partial charge in [0.15, 0.2) is 0 Å². The van der Waals surface area contributed by atoms with Crippen LogP contribution in [0.15, 0.2) is 36.5 Å². The van der Waals surface area contributed by atoms with Crippen molar-refractivity contribution in [1.82, 2.24) is 15.2 Å². The lowest BCUT2D eigenvalue weighted by molar-refractivity contribution is 0.0722. The van der Waals surface area contributed by atoms with E-state index in [9.17, 15) is 4.79 Å². The number of carbonyl (C=O) groups is 1. The number of aromatic nitrogens is 1. The fourth-order valence-corrected chi connectivity index (χ4v) is 3.02. The van der Waals surface area contributed by atoms with Crippen molar-refractivity contribution in [3.8, 4) is 0 Å². The van der Waals surface area contributed by atoms with E-state index in [1.165, 1.54) is 0 Å². The van der Waals surface area contributed by atoms with E-state index in [0.29, 0.717) is 11.6 Å². The monoisotopic (exact) mass is 355 g/mol. The summed E-state index contributed by atoms with van der Waals surface area (Å²) in [5.41, 5.74) is 1.50. The first-order valence-electron chi connectivity index (χ1n) is 7.59. The highest BCUT2D eigenvalue weighted by Gasteiger charge is 2.23. The van der Waals surface area contributed by atoms with Gasteiger partial charge in [0, 0.05) is 24.7 Å². The van der Waals surface area contributed by atoms with Gasteiger partial charge in [-0.05, 0) is 44.5 Å². The average molecular weight is 356 g/mol. The second kappa shape index (κ2) is 9.06. The first kappa shape index (κ1) is 19.7. The van der Waals surface area contributed by atoms with Gasteiger partial charge in [-0.3, -0.25) is 9.78 Å². The summed E-state index contributed by atoms with van der Waals surface area (Å²) >= 11 is 0. The molecule has 1 amide bonds. The van der Waals surface area contributed by atoms with Crippen molar-refractivity contribution in [1.29, 1.82) is 0 Å². The number of hydrogen-bond donors (Lipinski definition) is 1. The van der Waals surface area contributed by atoms with Crippen LogP contribution in [-0.2, 0) is 0 Å². The fraction of sp³-hybridized carbons (Fsp3) is 0.412. The minimum Gasteiger partial charge on any atom is -0.339 e. The van der Waals surface area contributed by atoms with Gasteiger partial charge in [0.05, 0.1) is 11.1 Å². The summed E-state index contributed by atoms with van der Waals surface area (Å²) in [5.74, 6) is 0.0752. The first-order valence-corrected chi connectivity index (χ1v) is 7.59. The van der Waals surface area contributed by atoms with Crippen LogP contribution in [0.2, 0.25) is 0 Å². The van der Waals surface area contributed by atoms with Crippen LogP contribution in [-0.4, -0.2) is 42.0 Å². The third-order valence-electron chi connectivity index (χ3n) is 4.28. The highest BCUT2D eigenvalue weighted by molar-refractivity contribution is 6.05. The Morgan fingerprint density at radius 3 is 2.78 bits per heavy atom. The predicted molar refractivity (Wildman–Crippen MR) is 98.8 cm³/mol. The Labute approximate surface area is 149 Å². The fourth-order valence-electron chi connectivity index (χ4n) is 3.02. The maximum atomic E-state index is 12.8. The number of hydrogen-bond acceptors (Lipinski definition) is 3. The van der Waals surface area contributed by atoms with Crippen LogP contribution in [0, 0.1) is 0 Å². The molecule has 0 aliphatic carbocycles. The molecule has 1 atom stereocenters. The average Bonchev–Trinajstić information content (AvgIpc) is 2.82. The number of carbonyl (C=O) groups excluding carboxylic acids is 1. The zero-order chi connectivity index (χ0) is 14.7. The molecule has 1 saturated heterocycles. The maximum Gasteiger partial charge on any atom is 0.256 e. The lowest BCUT2D eigenvalue weighted by atomic mass is 10.0. The molecule has 0 saturated carbocycles. The van der Waals surface area contributed by atoms with Gasteiger partial charge in [-0.15, -0.1) is 24.8 Å². The third-order valence-corrected chi connectivity index (χ3v) is 4.28. The summed E-state index contributed by atoms with van der Waals surface area (Å²) in [4.78, 5) is 19.1. The summed E-state index contributed by atoms with van der Waals surface area (Å²) in [7, 11) is 1.92. The SMILES string of the molecule is CN(C(=O)c1cccc2cccnc12)C1CCCNCC1.Cl.Cl. The minimum atomic E-state index is 0. The van der Waals surface area contributed by atoms with Gasteiger partial charge in [0.25, 0.3) is 5.91 Å². The van der Waals surface area contributed by atoms with E-state index in [1.54, 1.807) is 6.20 Å². The maximum absolute atomic E-state index is 12.8. The lowest BCUT2D eigenvalue weighted by Crippen LogP contribution is -2.37. The smallest absolute Gasteiger partial charge is 0.256 e. The number of halogens is 2. The number of nitrogens with zero attached hydrogens (tertiary/aromatic N) is 2. The standard InChI is InChI=1S/C17H21N3O.2ClH/c1-20(14-7-4-10-18-12-9-14)17(21)15-8-2-5-13-6-3-11-19-16(13)15;;/h2-3,5-6,8,11,14,18H,4,7,9-10,12H2,1H3;2*1H. The largest absolute Gasteiger partial charge is 0.339 e. The predicted octanol–water partition coefficient (Wildman–Crippen LogP) is 3.29. The molecule has 0 radical (unpaired) electrons. The molecule has 1 unspecified atom stereocenters. The van der Waals surface area contributed by atoms with Crippen molar-refractivity contribution < 1.29 is 4.79 Å². The molecule has 6 heteroatoms. The van der Waals surface area contributed by atoms with E-state index >= 15 is 0 Å². The summed E-state index contributed by atoms with van der Waals surface area (Å²) in [6.45, 7) is 2.03. The van der Waals surface area contributed by atoms with Gasteiger partial charge >= 0.3 is 0 Å². The van der Waals surface area contributed by atoms with Crippen LogP contribution in [0.4, 0.5) is 0 Å². The lowest BCUT2D eigenvalue weighted by Gasteiger charge is -2.27. The van der Waals surface area contributed by atoms with Crippen molar-refractivity contribution in [3.63, 3.8) is 0 Å². The van der Waals surface area contributed by atoms with Gasteiger partial charge < -0.3 is 10.2 Å². The van der Waals surface area contributed by atoms with Crippen LogP contribution in [0.5, 0.6) is 0 Å². The molecule has 0 spiro atoms. The van der Waals surface area contributed by atoms with Crippen molar-refractivity contribution in [2.75, 3.05) is 20.1 Å². The van der Waals surface area contributed by atoms with Gasteiger partial charge in [0.2, 0.25) is 0 Å². The molecule has 1 aliphatic rings. The number of amides is 1. The molecule has 1 fully saturated rings. The molecule has 2 heterocycles. The van der Waals surface area contributed by atoms with Crippen molar-refractivity contribution in [2.24, 2.45) is 0 Å². The Balaban J connectivity index is 0.00000132. The number of benzene rings is 1. The van der Waals surface area contributed by atoms with Crippen molar-refractivity contribution in [2.45, 2.75) is 25.3 Å². The summed E-state index contributed by atoms with van der Waals surface area (Å²) in [6.07, 6.45) is 4.94.